The molecule has 2 heterocycles. The molecule has 4 nitrogen and oxygen atoms in total. The number of hydrogen-bond donors (Lipinski definition) is 1. The van der Waals surface area contributed by atoms with E-state index in [1.165, 1.54) is 12.4 Å². The third-order valence-corrected chi connectivity index (χ3v) is 2.79. The minimum atomic E-state index is 0.231. The fraction of sp³-hybridized carbons (Fsp3) is 0.0909. The SMILES string of the molecule is CNc1nc(Oc2cncc(Cl)c2)c(Cl)cc1Cl. The molecule has 0 aliphatic heterocycles. The van der Waals surface area contributed by atoms with Gasteiger partial charge in [-0.15, -0.1) is 0 Å². The van der Waals surface area contributed by atoms with Crippen LogP contribution in [0.1, 0.15) is 0 Å². The minimum absolute atomic E-state index is 0.231. The van der Waals surface area contributed by atoms with Gasteiger partial charge in [-0.05, 0) is 6.07 Å². The smallest absolute Gasteiger partial charge is 0.240 e. The second-order valence-corrected chi connectivity index (χ2v) is 4.55. The predicted octanol–water partition coefficient (Wildman–Crippen LogP) is 4.27. The first kappa shape index (κ1) is 13.2. The van der Waals surface area contributed by atoms with Crippen LogP contribution in [0.5, 0.6) is 11.6 Å². The monoisotopic (exact) mass is 303 g/mol. The number of hydrogen-bond acceptors (Lipinski definition) is 4. The Labute approximate surface area is 119 Å². The van der Waals surface area contributed by atoms with Crippen molar-refractivity contribution in [1.29, 1.82) is 0 Å². The standard InChI is InChI=1S/C11H8Cl3N3O/c1-15-10-8(13)3-9(14)11(17-10)18-7-2-6(12)4-16-5-7/h2-5H,1H3,(H,15,17). The van der Waals surface area contributed by atoms with Crippen molar-refractivity contribution < 1.29 is 4.74 Å². The fourth-order valence-electron chi connectivity index (χ4n) is 1.26. The molecule has 7 heteroatoms. The van der Waals surface area contributed by atoms with Crippen LogP contribution in [-0.4, -0.2) is 17.0 Å². The van der Waals surface area contributed by atoms with Gasteiger partial charge in [0.25, 0.3) is 0 Å². The number of nitrogens with zero attached hydrogens (tertiary/aromatic N) is 2. The molecule has 94 valence electrons. The van der Waals surface area contributed by atoms with E-state index in [2.05, 4.69) is 15.3 Å². The molecule has 0 aliphatic carbocycles. The first-order valence-corrected chi connectivity index (χ1v) is 6.05. The lowest BCUT2D eigenvalue weighted by molar-refractivity contribution is 0.462. The van der Waals surface area contributed by atoms with E-state index >= 15 is 0 Å². The normalized spacial score (nSPS) is 10.2. The van der Waals surface area contributed by atoms with E-state index in [1.807, 2.05) is 0 Å². The van der Waals surface area contributed by atoms with Crippen molar-refractivity contribution in [2.75, 3.05) is 12.4 Å². The zero-order valence-electron chi connectivity index (χ0n) is 9.25. The minimum Gasteiger partial charge on any atom is -0.436 e. The van der Waals surface area contributed by atoms with Crippen LogP contribution in [0.4, 0.5) is 5.82 Å². The highest BCUT2D eigenvalue weighted by molar-refractivity contribution is 6.36. The van der Waals surface area contributed by atoms with E-state index in [1.54, 1.807) is 19.2 Å². The number of anilines is 1. The molecular formula is C11H8Cl3N3O. The molecule has 2 aromatic heterocycles. The highest BCUT2D eigenvalue weighted by Crippen LogP contribution is 2.33. The summed E-state index contributed by atoms with van der Waals surface area (Å²) in [5.41, 5.74) is 0. The van der Waals surface area contributed by atoms with E-state index in [0.717, 1.165) is 0 Å². The summed E-state index contributed by atoms with van der Waals surface area (Å²) in [4.78, 5) is 8.05. The molecule has 18 heavy (non-hydrogen) atoms. The van der Waals surface area contributed by atoms with Gasteiger partial charge >= 0.3 is 0 Å². The molecule has 0 unspecified atom stereocenters. The summed E-state index contributed by atoms with van der Waals surface area (Å²) in [7, 11) is 1.70. The molecule has 0 spiro atoms. The van der Waals surface area contributed by atoms with Gasteiger partial charge in [-0.3, -0.25) is 4.98 Å². The van der Waals surface area contributed by atoms with Crippen LogP contribution in [0.25, 0.3) is 0 Å². The van der Waals surface area contributed by atoms with E-state index in [-0.39, 0.29) is 5.88 Å². The number of rotatable bonds is 3. The van der Waals surface area contributed by atoms with Gasteiger partial charge in [-0.25, -0.2) is 0 Å². The summed E-state index contributed by atoms with van der Waals surface area (Å²) in [5.74, 6) is 1.15. The molecule has 0 bridgehead atoms. The average Bonchev–Trinajstić information content (AvgIpc) is 2.33. The lowest BCUT2D eigenvalue weighted by Crippen LogP contribution is -1.97. The van der Waals surface area contributed by atoms with Crippen molar-refractivity contribution in [3.8, 4) is 11.6 Å². The van der Waals surface area contributed by atoms with E-state index in [0.29, 0.717) is 26.6 Å². The number of halogens is 3. The van der Waals surface area contributed by atoms with Crippen LogP contribution in [0.15, 0.2) is 24.5 Å². The molecule has 0 saturated carbocycles. The molecule has 2 rings (SSSR count). The largest absolute Gasteiger partial charge is 0.436 e. The topological polar surface area (TPSA) is 47.0 Å². The molecule has 2 aromatic rings. The molecule has 0 atom stereocenters. The third-order valence-electron chi connectivity index (χ3n) is 2.03. The van der Waals surface area contributed by atoms with E-state index in [9.17, 15) is 0 Å². The van der Waals surface area contributed by atoms with Gasteiger partial charge in [0.1, 0.15) is 16.6 Å². The molecule has 1 N–H and O–H groups in total. The van der Waals surface area contributed by atoms with Crippen LogP contribution in [0.2, 0.25) is 15.1 Å². The maximum absolute atomic E-state index is 6.00. The maximum atomic E-state index is 6.00. The molecule has 0 saturated heterocycles. The van der Waals surface area contributed by atoms with Crippen molar-refractivity contribution in [3.63, 3.8) is 0 Å². The van der Waals surface area contributed by atoms with Gasteiger partial charge in [-0.2, -0.15) is 4.98 Å². The van der Waals surface area contributed by atoms with Crippen molar-refractivity contribution in [3.05, 3.63) is 39.6 Å². The number of pyridine rings is 2. The van der Waals surface area contributed by atoms with E-state index < -0.39 is 0 Å². The van der Waals surface area contributed by atoms with Gasteiger partial charge in [0.05, 0.1) is 16.2 Å². The Morgan fingerprint density at radius 1 is 1.11 bits per heavy atom. The van der Waals surface area contributed by atoms with Crippen LogP contribution < -0.4 is 10.1 Å². The molecule has 0 radical (unpaired) electrons. The molecule has 0 fully saturated rings. The Balaban J connectivity index is 2.34. The highest BCUT2D eigenvalue weighted by atomic mass is 35.5. The number of aromatic nitrogens is 2. The van der Waals surface area contributed by atoms with Gasteiger partial charge in [0.2, 0.25) is 5.88 Å². The molecule has 0 aromatic carbocycles. The number of ether oxygens (including phenoxy) is 1. The summed E-state index contributed by atoms with van der Waals surface area (Å²) in [6, 6.07) is 3.16. The van der Waals surface area contributed by atoms with Crippen LogP contribution >= 0.6 is 34.8 Å². The molecule has 0 aliphatic rings. The first-order valence-electron chi connectivity index (χ1n) is 4.92. The quantitative estimate of drug-likeness (QED) is 0.920. The summed E-state index contributed by atoms with van der Waals surface area (Å²) < 4.78 is 5.50. The molecular weight excluding hydrogens is 296 g/mol. The summed E-state index contributed by atoms with van der Waals surface area (Å²) in [6.07, 6.45) is 3.02. The Morgan fingerprint density at radius 2 is 1.89 bits per heavy atom. The summed E-state index contributed by atoms with van der Waals surface area (Å²) in [6.45, 7) is 0. The van der Waals surface area contributed by atoms with Crippen molar-refractivity contribution in [2.45, 2.75) is 0 Å². The fourth-order valence-corrected chi connectivity index (χ4v) is 1.91. The Hall–Kier alpha value is -1.23. The van der Waals surface area contributed by atoms with Crippen molar-refractivity contribution in [2.24, 2.45) is 0 Å². The zero-order chi connectivity index (χ0) is 13.1. The van der Waals surface area contributed by atoms with Crippen LogP contribution in [-0.2, 0) is 0 Å². The second kappa shape index (κ2) is 5.61. The Morgan fingerprint density at radius 3 is 2.56 bits per heavy atom. The van der Waals surface area contributed by atoms with Gasteiger partial charge in [0, 0.05) is 19.3 Å². The van der Waals surface area contributed by atoms with Crippen molar-refractivity contribution in [1.82, 2.24) is 9.97 Å². The summed E-state index contributed by atoms with van der Waals surface area (Å²) in [5, 5.41) is 4.02. The first-order chi connectivity index (χ1) is 8.60. The van der Waals surface area contributed by atoms with Crippen LogP contribution in [0.3, 0.4) is 0 Å². The van der Waals surface area contributed by atoms with Gasteiger partial charge < -0.3 is 10.1 Å². The summed E-state index contributed by atoms with van der Waals surface area (Å²) >= 11 is 17.7. The Bertz CT molecular complexity index is 577. The van der Waals surface area contributed by atoms with Gasteiger partial charge in [-0.1, -0.05) is 34.8 Å². The zero-order valence-corrected chi connectivity index (χ0v) is 11.5. The second-order valence-electron chi connectivity index (χ2n) is 3.30. The third kappa shape index (κ3) is 2.96. The highest BCUT2D eigenvalue weighted by Gasteiger charge is 2.10. The lowest BCUT2D eigenvalue weighted by Gasteiger charge is -2.09. The maximum Gasteiger partial charge on any atom is 0.240 e. The predicted molar refractivity (Wildman–Crippen MR) is 73.1 cm³/mol. The van der Waals surface area contributed by atoms with E-state index in [4.69, 9.17) is 39.5 Å². The number of nitrogens with one attached hydrogen (secondary N) is 1. The van der Waals surface area contributed by atoms with Crippen LogP contribution in [0, 0.1) is 0 Å². The van der Waals surface area contributed by atoms with Crippen molar-refractivity contribution >= 4 is 40.6 Å². The lowest BCUT2D eigenvalue weighted by atomic mass is 10.4. The Kier molecular flexibility index (Phi) is 4.11. The van der Waals surface area contributed by atoms with Gasteiger partial charge in [0.15, 0.2) is 0 Å². The molecule has 0 amide bonds. The average molecular weight is 305 g/mol.